The van der Waals surface area contributed by atoms with E-state index in [1.54, 1.807) is 12.1 Å². The minimum absolute atomic E-state index is 0.0349. The monoisotopic (exact) mass is 342 g/mol. The van der Waals surface area contributed by atoms with Crippen molar-refractivity contribution >= 4 is 21.7 Å². The molecule has 126 valence electrons. The molecule has 8 nitrogen and oxygen atoms in total. The summed E-state index contributed by atoms with van der Waals surface area (Å²) in [5.74, 6) is -1.45. The molecule has 1 aromatic carbocycles. The topological polar surface area (TPSA) is 118 Å². The number of sulfonamides is 1. The SMILES string of the molecule is O=C(O)C1CCN(S(=O)(=O)CCc2ccc([N+](=O)[O-])cc2)CC1. The highest BCUT2D eigenvalue weighted by atomic mass is 32.2. The Kier molecular flexibility index (Phi) is 5.32. The summed E-state index contributed by atoms with van der Waals surface area (Å²) in [6.45, 7) is 0.444. The molecule has 1 heterocycles. The number of hydrogen-bond donors (Lipinski definition) is 1. The number of benzene rings is 1. The number of aryl methyl sites for hydroxylation is 1. The van der Waals surface area contributed by atoms with Crippen molar-refractivity contribution < 1.29 is 23.2 Å². The lowest BCUT2D eigenvalue weighted by Crippen LogP contribution is -2.41. The van der Waals surface area contributed by atoms with Crippen LogP contribution in [-0.4, -0.2) is 47.6 Å². The molecule has 0 unspecified atom stereocenters. The van der Waals surface area contributed by atoms with E-state index in [0.29, 0.717) is 18.4 Å². The van der Waals surface area contributed by atoms with Crippen LogP contribution >= 0.6 is 0 Å². The van der Waals surface area contributed by atoms with Crippen LogP contribution in [0.2, 0.25) is 0 Å². The first-order valence-electron chi connectivity index (χ1n) is 7.23. The quantitative estimate of drug-likeness (QED) is 0.614. The normalized spacial score (nSPS) is 17.0. The van der Waals surface area contributed by atoms with E-state index in [0.717, 1.165) is 0 Å². The van der Waals surface area contributed by atoms with Crippen LogP contribution in [0.5, 0.6) is 0 Å². The third-order valence-electron chi connectivity index (χ3n) is 3.99. The van der Waals surface area contributed by atoms with Crippen LogP contribution in [0, 0.1) is 16.0 Å². The smallest absolute Gasteiger partial charge is 0.306 e. The molecule has 1 aliphatic heterocycles. The standard InChI is InChI=1S/C14H18N2O6S/c17-14(18)12-5-8-15(9-6-12)23(21,22)10-7-11-1-3-13(4-2-11)16(19)20/h1-4,12H,5-10H2,(H,17,18). The fraction of sp³-hybridized carbons (Fsp3) is 0.500. The van der Waals surface area contributed by atoms with Crippen molar-refractivity contribution in [1.29, 1.82) is 0 Å². The number of nitrogens with zero attached hydrogens (tertiary/aromatic N) is 2. The van der Waals surface area contributed by atoms with E-state index in [2.05, 4.69) is 0 Å². The van der Waals surface area contributed by atoms with Gasteiger partial charge in [0.05, 0.1) is 16.6 Å². The zero-order valence-corrected chi connectivity index (χ0v) is 13.2. The maximum atomic E-state index is 12.3. The molecule has 0 atom stereocenters. The highest BCUT2D eigenvalue weighted by Crippen LogP contribution is 2.21. The number of carbonyl (C=O) groups is 1. The Morgan fingerprint density at radius 2 is 1.83 bits per heavy atom. The molecule has 1 N–H and O–H groups in total. The molecule has 0 radical (unpaired) electrons. The minimum atomic E-state index is -3.45. The van der Waals surface area contributed by atoms with Crippen molar-refractivity contribution in [2.24, 2.45) is 5.92 Å². The molecule has 0 aliphatic carbocycles. The summed E-state index contributed by atoms with van der Waals surface area (Å²) < 4.78 is 25.9. The van der Waals surface area contributed by atoms with Gasteiger partial charge in [-0.15, -0.1) is 0 Å². The van der Waals surface area contributed by atoms with E-state index in [1.807, 2.05) is 0 Å². The predicted octanol–water partition coefficient (Wildman–Crippen LogP) is 1.26. The van der Waals surface area contributed by atoms with Gasteiger partial charge < -0.3 is 5.11 Å². The van der Waals surface area contributed by atoms with Gasteiger partial charge in [-0.1, -0.05) is 12.1 Å². The minimum Gasteiger partial charge on any atom is -0.481 e. The van der Waals surface area contributed by atoms with Crippen molar-refractivity contribution in [2.45, 2.75) is 19.3 Å². The molecule has 0 amide bonds. The van der Waals surface area contributed by atoms with Gasteiger partial charge in [0.25, 0.3) is 5.69 Å². The van der Waals surface area contributed by atoms with Crippen LogP contribution in [0.1, 0.15) is 18.4 Å². The van der Waals surface area contributed by atoms with Gasteiger partial charge in [-0.2, -0.15) is 0 Å². The number of carboxylic acids is 1. The van der Waals surface area contributed by atoms with E-state index >= 15 is 0 Å². The first-order valence-corrected chi connectivity index (χ1v) is 8.84. The van der Waals surface area contributed by atoms with Crippen LogP contribution in [0.15, 0.2) is 24.3 Å². The number of hydrogen-bond acceptors (Lipinski definition) is 5. The van der Waals surface area contributed by atoms with Gasteiger partial charge in [-0.3, -0.25) is 14.9 Å². The highest BCUT2D eigenvalue weighted by Gasteiger charge is 2.30. The molecule has 23 heavy (non-hydrogen) atoms. The Labute approximate surface area is 133 Å². The van der Waals surface area contributed by atoms with Crippen molar-refractivity contribution in [3.63, 3.8) is 0 Å². The second kappa shape index (κ2) is 7.05. The van der Waals surface area contributed by atoms with Crippen LogP contribution in [0.4, 0.5) is 5.69 Å². The van der Waals surface area contributed by atoms with E-state index in [9.17, 15) is 23.3 Å². The average molecular weight is 342 g/mol. The largest absolute Gasteiger partial charge is 0.481 e. The molecule has 1 saturated heterocycles. The molecule has 0 saturated carbocycles. The zero-order chi connectivity index (χ0) is 17.0. The summed E-state index contributed by atoms with van der Waals surface area (Å²) in [6.07, 6.45) is 0.914. The Balaban J connectivity index is 1.91. The summed E-state index contributed by atoms with van der Waals surface area (Å²) in [4.78, 5) is 20.9. The number of non-ortho nitro benzene ring substituents is 1. The first kappa shape index (κ1) is 17.4. The van der Waals surface area contributed by atoms with E-state index in [1.165, 1.54) is 16.4 Å². The fourth-order valence-corrected chi connectivity index (χ4v) is 4.06. The lowest BCUT2D eigenvalue weighted by molar-refractivity contribution is -0.384. The lowest BCUT2D eigenvalue weighted by atomic mass is 9.99. The predicted molar refractivity (Wildman–Crippen MR) is 82.5 cm³/mol. The van der Waals surface area contributed by atoms with E-state index in [4.69, 9.17) is 5.11 Å². The molecular formula is C14H18N2O6S. The fourth-order valence-electron chi connectivity index (χ4n) is 2.54. The van der Waals surface area contributed by atoms with Crippen molar-refractivity contribution in [2.75, 3.05) is 18.8 Å². The molecule has 0 aromatic heterocycles. The van der Waals surface area contributed by atoms with E-state index < -0.39 is 26.8 Å². The number of carboxylic acid groups (broad SMARTS) is 1. The molecule has 1 aliphatic rings. The van der Waals surface area contributed by atoms with Crippen molar-refractivity contribution in [3.05, 3.63) is 39.9 Å². The van der Waals surface area contributed by atoms with E-state index in [-0.39, 0.29) is 31.0 Å². The number of nitro benzene ring substituents is 1. The van der Waals surface area contributed by atoms with Crippen LogP contribution < -0.4 is 0 Å². The molecule has 9 heteroatoms. The van der Waals surface area contributed by atoms with Gasteiger partial charge >= 0.3 is 5.97 Å². The van der Waals surface area contributed by atoms with Crippen LogP contribution in [-0.2, 0) is 21.2 Å². The summed E-state index contributed by atoms with van der Waals surface area (Å²) in [6, 6.07) is 5.79. The summed E-state index contributed by atoms with van der Waals surface area (Å²) in [5.41, 5.74) is 0.673. The third kappa shape index (κ3) is 4.49. The number of piperidine rings is 1. The lowest BCUT2D eigenvalue weighted by Gasteiger charge is -2.29. The molecule has 1 aromatic rings. The summed E-state index contributed by atoms with van der Waals surface area (Å²) in [7, 11) is -3.45. The van der Waals surface area contributed by atoms with Crippen LogP contribution in [0.3, 0.4) is 0 Å². The van der Waals surface area contributed by atoms with Gasteiger partial charge in [-0.25, -0.2) is 12.7 Å². The number of rotatable bonds is 6. The van der Waals surface area contributed by atoms with Gasteiger partial charge in [0, 0.05) is 25.2 Å². The summed E-state index contributed by atoms with van der Waals surface area (Å²) in [5, 5.41) is 19.5. The van der Waals surface area contributed by atoms with Crippen molar-refractivity contribution in [3.8, 4) is 0 Å². The van der Waals surface area contributed by atoms with Crippen LogP contribution in [0.25, 0.3) is 0 Å². The zero-order valence-electron chi connectivity index (χ0n) is 12.4. The molecule has 1 fully saturated rings. The second-order valence-electron chi connectivity index (χ2n) is 5.50. The molecule has 2 rings (SSSR count). The average Bonchev–Trinajstić information content (AvgIpc) is 2.53. The summed E-state index contributed by atoms with van der Waals surface area (Å²) >= 11 is 0. The molecule has 0 bridgehead atoms. The molecular weight excluding hydrogens is 324 g/mol. The number of aliphatic carboxylic acids is 1. The number of nitro groups is 1. The van der Waals surface area contributed by atoms with Gasteiger partial charge in [0.2, 0.25) is 10.0 Å². The Morgan fingerprint density at radius 3 is 2.30 bits per heavy atom. The Morgan fingerprint density at radius 1 is 1.26 bits per heavy atom. The maximum absolute atomic E-state index is 12.3. The Bertz CT molecular complexity index is 678. The van der Waals surface area contributed by atoms with Gasteiger partial charge in [0.15, 0.2) is 0 Å². The third-order valence-corrected chi connectivity index (χ3v) is 5.86. The van der Waals surface area contributed by atoms with Crippen molar-refractivity contribution in [1.82, 2.24) is 4.31 Å². The highest BCUT2D eigenvalue weighted by molar-refractivity contribution is 7.89. The molecule has 0 spiro atoms. The van der Waals surface area contributed by atoms with Gasteiger partial charge in [-0.05, 0) is 24.8 Å². The second-order valence-corrected chi connectivity index (χ2v) is 7.59. The first-order chi connectivity index (χ1) is 10.8. The maximum Gasteiger partial charge on any atom is 0.306 e. The Hall–Kier alpha value is -2.00. The van der Waals surface area contributed by atoms with Gasteiger partial charge in [0.1, 0.15) is 0 Å².